The average molecular weight is 255 g/mol. The summed E-state index contributed by atoms with van der Waals surface area (Å²) in [5.41, 5.74) is 5.47. The molecule has 1 atom stereocenters. The standard InChI is InChI=1S/C8H12F3N3OS/c1-4(3-8(9,10)11)13-7-5(15-2)6(12)14-16-7/h4,13H,3H2,1-2H3,(H2,12,14). The maximum atomic E-state index is 12.1. The number of halogens is 3. The number of ether oxygens (including phenoxy) is 1. The van der Waals surface area contributed by atoms with Crippen molar-refractivity contribution in [1.29, 1.82) is 0 Å². The second-order valence-corrected chi connectivity index (χ2v) is 4.07. The minimum absolute atomic E-state index is 0.175. The van der Waals surface area contributed by atoms with Crippen LogP contribution in [-0.4, -0.2) is 23.7 Å². The Hall–Kier alpha value is -1.18. The first kappa shape index (κ1) is 12.9. The summed E-state index contributed by atoms with van der Waals surface area (Å²) < 4.78 is 45.0. The summed E-state index contributed by atoms with van der Waals surface area (Å²) in [6, 6.07) is -0.756. The Morgan fingerprint density at radius 1 is 1.56 bits per heavy atom. The summed E-state index contributed by atoms with van der Waals surface area (Å²) >= 11 is 0.977. The van der Waals surface area contributed by atoms with Crippen molar-refractivity contribution in [3.8, 4) is 5.75 Å². The van der Waals surface area contributed by atoms with Crippen molar-refractivity contribution in [3.63, 3.8) is 0 Å². The van der Waals surface area contributed by atoms with Crippen LogP contribution in [0.25, 0.3) is 0 Å². The fraction of sp³-hybridized carbons (Fsp3) is 0.625. The smallest absolute Gasteiger partial charge is 0.391 e. The maximum Gasteiger partial charge on any atom is 0.391 e. The number of methoxy groups -OCH3 is 1. The second kappa shape index (κ2) is 4.77. The highest BCUT2D eigenvalue weighted by atomic mass is 32.1. The van der Waals surface area contributed by atoms with Gasteiger partial charge in [0.2, 0.25) is 0 Å². The van der Waals surface area contributed by atoms with Crippen LogP contribution < -0.4 is 15.8 Å². The van der Waals surface area contributed by atoms with Crippen LogP contribution in [0.3, 0.4) is 0 Å². The van der Waals surface area contributed by atoms with Crippen LogP contribution in [0, 0.1) is 0 Å². The van der Waals surface area contributed by atoms with E-state index in [1.807, 2.05) is 0 Å². The Labute approximate surface area is 94.8 Å². The first-order valence-electron chi connectivity index (χ1n) is 4.46. The van der Waals surface area contributed by atoms with Gasteiger partial charge in [0, 0.05) is 6.04 Å². The molecular formula is C8H12F3N3OS. The number of nitrogens with one attached hydrogen (secondary N) is 1. The lowest BCUT2D eigenvalue weighted by molar-refractivity contribution is -0.136. The Balaban J connectivity index is 2.66. The van der Waals surface area contributed by atoms with Crippen molar-refractivity contribution < 1.29 is 17.9 Å². The fourth-order valence-electron chi connectivity index (χ4n) is 1.21. The monoisotopic (exact) mass is 255 g/mol. The molecule has 0 aliphatic rings. The van der Waals surface area contributed by atoms with E-state index in [1.165, 1.54) is 14.0 Å². The molecule has 1 heterocycles. The lowest BCUT2D eigenvalue weighted by atomic mass is 10.2. The molecule has 0 aliphatic carbocycles. The number of anilines is 2. The van der Waals surface area contributed by atoms with Gasteiger partial charge < -0.3 is 15.8 Å². The molecule has 8 heteroatoms. The van der Waals surface area contributed by atoms with Crippen LogP contribution in [0.15, 0.2) is 0 Å². The lowest BCUT2D eigenvalue weighted by Crippen LogP contribution is -2.23. The van der Waals surface area contributed by atoms with Gasteiger partial charge in [-0.15, -0.1) is 0 Å². The molecule has 0 radical (unpaired) electrons. The summed E-state index contributed by atoms with van der Waals surface area (Å²) in [6.07, 6.45) is -5.12. The van der Waals surface area contributed by atoms with E-state index in [2.05, 4.69) is 9.69 Å². The van der Waals surface area contributed by atoms with Crippen molar-refractivity contribution in [2.75, 3.05) is 18.2 Å². The molecule has 0 fully saturated rings. The molecule has 0 aliphatic heterocycles. The van der Waals surface area contributed by atoms with Gasteiger partial charge in [0.05, 0.1) is 13.5 Å². The number of hydrogen-bond donors (Lipinski definition) is 2. The molecule has 0 amide bonds. The fourth-order valence-corrected chi connectivity index (χ4v) is 2.00. The molecule has 0 saturated heterocycles. The van der Waals surface area contributed by atoms with Crippen LogP contribution >= 0.6 is 11.5 Å². The topological polar surface area (TPSA) is 60.2 Å². The van der Waals surface area contributed by atoms with E-state index < -0.39 is 18.6 Å². The highest BCUT2D eigenvalue weighted by molar-refractivity contribution is 7.11. The molecule has 0 bridgehead atoms. The first-order chi connectivity index (χ1) is 7.33. The molecule has 0 saturated carbocycles. The number of rotatable bonds is 4. The van der Waals surface area contributed by atoms with E-state index in [0.717, 1.165) is 11.5 Å². The van der Waals surface area contributed by atoms with E-state index in [9.17, 15) is 13.2 Å². The number of nitrogens with two attached hydrogens (primary N) is 1. The molecule has 0 aromatic carbocycles. The molecule has 1 unspecified atom stereocenters. The van der Waals surface area contributed by atoms with Crippen molar-refractivity contribution in [3.05, 3.63) is 0 Å². The van der Waals surface area contributed by atoms with Crippen molar-refractivity contribution in [2.45, 2.75) is 25.6 Å². The third kappa shape index (κ3) is 3.44. The van der Waals surface area contributed by atoms with Gasteiger partial charge in [0.1, 0.15) is 0 Å². The van der Waals surface area contributed by atoms with Crippen molar-refractivity contribution in [2.24, 2.45) is 0 Å². The molecule has 1 rings (SSSR count). The Kier molecular flexibility index (Phi) is 3.84. The third-order valence-corrected chi connectivity index (χ3v) is 2.57. The van der Waals surface area contributed by atoms with Gasteiger partial charge in [-0.25, -0.2) is 0 Å². The molecular weight excluding hydrogens is 243 g/mol. The van der Waals surface area contributed by atoms with Crippen LogP contribution in [0.1, 0.15) is 13.3 Å². The predicted molar refractivity (Wildman–Crippen MR) is 56.8 cm³/mol. The zero-order valence-electron chi connectivity index (χ0n) is 8.76. The number of nitrogen functional groups attached to an aromatic ring is 1. The third-order valence-electron chi connectivity index (χ3n) is 1.79. The van der Waals surface area contributed by atoms with Gasteiger partial charge in [0.15, 0.2) is 16.6 Å². The molecule has 4 nitrogen and oxygen atoms in total. The van der Waals surface area contributed by atoms with Crippen LogP contribution in [0.4, 0.5) is 24.0 Å². The normalized spacial score (nSPS) is 13.6. The summed E-state index contributed by atoms with van der Waals surface area (Å²) in [4.78, 5) is 0. The minimum atomic E-state index is -4.20. The molecule has 3 N–H and O–H groups in total. The molecule has 1 aromatic heterocycles. The molecule has 92 valence electrons. The summed E-state index contributed by atoms with van der Waals surface area (Å²) in [6.45, 7) is 1.43. The van der Waals surface area contributed by atoms with E-state index >= 15 is 0 Å². The average Bonchev–Trinajstić information content (AvgIpc) is 2.43. The lowest BCUT2D eigenvalue weighted by Gasteiger charge is -2.16. The van der Waals surface area contributed by atoms with Gasteiger partial charge >= 0.3 is 6.18 Å². The SMILES string of the molecule is COc1c(N)nsc1NC(C)CC(F)(F)F. The van der Waals surface area contributed by atoms with Crippen molar-refractivity contribution in [1.82, 2.24) is 4.37 Å². The number of hydrogen-bond acceptors (Lipinski definition) is 5. The van der Waals surface area contributed by atoms with Crippen LogP contribution in [0.2, 0.25) is 0 Å². The first-order valence-corrected chi connectivity index (χ1v) is 5.23. The maximum absolute atomic E-state index is 12.1. The minimum Gasteiger partial charge on any atom is -0.490 e. The van der Waals surface area contributed by atoms with E-state index in [1.54, 1.807) is 0 Å². The number of nitrogens with zero attached hydrogens (tertiary/aromatic N) is 1. The number of aromatic nitrogens is 1. The van der Waals surface area contributed by atoms with Gasteiger partial charge in [-0.3, -0.25) is 0 Å². The second-order valence-electron chi connectivity index (χ2n) is 3.29. The van der Waals surface area contributed by atoms with Gasteiger partial charge in [0.25, 0.3) is 0 Å². The van der Waals surface area contributed by atoms with E-state index in [0.29, 0.717) is 10.8 Å². The van der Waals surface area contributed by atoms with Gasteiger partial charge in [-0.05, 0) is 18.5 Å². The zero-order chi connectivity index (χ0) is 12.3. The summed E-state index contributed by atoms with van der Waals surface area (Å²) in [5.74, 6) is 0.466. The van der Waals surface area contributed by atoms with Gasteiger partial charge in [-0.2, -0.15) is 17.5 Å². The molecule has 1 aromatic rings. The quantitative estimate of drug-likeness (QED) is 0.867. The zero-order valence-corrected chi connectivity index (χ0v) is 9.58. The Morgan fingerprint density at radius 3 is 2.69 bits per heavy atom. The summed E-state index contributed by atoms with van der Waals surface area (Å²) in [7, 11) is 1.39. The highest BCUT2D eigenvalue weighted by Crippen LogP contribution is 2.36. The molecule has 0 spiro atoms. The van der Waals surface area contributed by atoms with Crippen LogP contribution in [-0.2, 0) is 0 Å². The number of alkyl halides is 3. The van der Waals surface area contributed by atoms with E-state index in [-0.39, 0.29) is 5.82 Å². The van der Waals surface area contributed by atoms with Crippen LogP contribution in [0.5, 0.6) is 5.75 Å². The largest absolute Gasteiger partial charge is 0.490 e. The Bertz CT molecular complexity index is 353. The molecule has 16 heavy (non-hydrogen) atoms. The predicted octanol–water partition coefficient (Wildman–Crippen LogP) is 2.49. The van der Waals surface area contributed by atoms with Gasteiger partial charge in [-0.1, -0.05) is 0 Å². The van der Waals surface area contributed by atoms with E-state index in [4.69, 9.17) is 10.5 Å². The Morgan fingerprint density at radius 2 is 2.19 bits per heavy atom. The summed E-state index contributed by atoms with van der Waals surface area (Å²) in [5, 5.41) is 3.08. The highest BCUT2D eigenvalue weighted by Gasteiger charge is 2.30. The van der Waals surface area contributed by atoms with Crippen molar-refractivity contribution >= 4 is 22.4 Å².